The predicted molar refractivity (Wildman–Crippen MR) is 80.0 cm³/mol. The number of carbonyl (C=O) groups is 3. The van der Waals surface area contributed by atoms with Crippen LogP contribution in [0.15, 0.2) is 18.2 Å². The van der Waals surface area contributed by atoms with Gasteiger partial charge < -0.3 is 15.1 Å². The zero-order chi connectivity index (χ0) is 17.4. The zero-order valence-corrected chi connectivity index (χ0v) is 13.1. The minimum Gasteiger partial charge on any atom is -0.342 e. The minimum absolute atomic E-state index is 0.00493. The molecule has 0 bridgehead atoms. The van der Waals surface area contributed by atoms with E-state index in [1.807, 2.05) is 0 Å². The van der Waals surface area contributed by atoms with E-state index in [9.17, 15) is 23.2 Å². The lowest BCUT2D eigenvalue weighted by Crippen LogP contribution is -2.69. The molecule has 3 amide bonds. The van der Waals surface area contributed by atoms with Gasteiger partial charge in [-0.25, -0.2) is 8.78 Å². The number of piperazine rings is 2. The maximum absolute atomic E-state index is 13.3. The standard InChI is InChI=1S/C16H17F2N3O3/c1-2-12-16(24)21-4-3-20(8-13(21)14(22)19-12)15(23)9-5-10(17)7-11(18)6-9/h5-7,12-13H,2-4,8H2,1H3,(H,19,22)/t12-,13+/m0/s1. The van der Waals surface area contributed by atoms with Crippen molar-refractivity contribution in [2.45, 2.75) is 25.4 Å². The number of carbonyl (C=O) groups excluding carboxylic acids is 3. The van der Waals surface area contributed by atoms with Gasteiger partial charge in [-0.3, -0.25) is 14.4 Å². The lowest BCUT2D eigenvalue weighted by Gasteiger charge is -2.45. The van der Waals surface area contributed by atoms with Gasteiger partial charge in [-0.2, -0.15) is 0 Å². The van der Waals surface area contributed by atoms with Gasteiger partial charge in [-0.05, 0) is 18.6 Å². The van der Waals surface area contributed by atoms with Crippen molar-refractivity contribution in [2.75, 3.05) is 19.6 Å². The normalized spacial score (nSPS) is 23.8. The average Bonchev–Trinajstić information content (AvgIpc) is 2.56. The van der Waals surface area contributed by atoms with Gasteiger partial charge in [-0.1, -0.05) is 6.92 Å². The Hall–Kier alpha value is -2.51. The number of fused-ring (bicyclic) bond motifs is 1. The van der Waals surface area contributed by atoms with Crippen LogP contribution < -0.4 is 5.32 Å². The first kappa shape index (κ1) is 16.4. The summed E-state index contributed by atoms with van der Waals surface area (Å²) in [6.07, 6.45) is 0.499. The number of nitrogens with zero attached hydrogens (tertiary/aromatic N) is 2. The number of rotatable bonds is 2. The van der Waals surface area contributed by atoms with Crippen LogP contribution in [0.25, 0.3) is 0 Å². The number of hydrogen-bond acceptors (Lipinski definition) is 3. The fourth-order valence-corrected chi connectivity index (χ4v) is 3.12. The molecular formula is C16H17F2N3O3. The fraction of sp³-hybridized carbons (Fsp3) is 0.438. The number of benzene rings is 1. The molecule has 0 aromatic heterocycles. The fourth-order valence-electron chi connectivity index (χ4n) is 3.12. The van der Waals surface area contributed by atoms with E-state index in [0.717, 1.165) is 12.1 Å². The smallest absolute Gasteiger partial charge is 0.254 e. The Balaban J connectivity index is 1.78. The van der Waals surface area contributed by atoms with Crippen LogP contribution in [0.1, 0.15) is 23.7 Å². The van der Waals surface area contributed by atoms with Gasteiger partial charge >= 0.3 is 0 Å². The lowest BCUT2D eigenvalue weighted by molar-refractivity contribution is -0.152. The second kappa shape index (κ2) is 6.18. The highest BCUT2D eigenvalue weighted by Crippen LogP contribution is 2.19. The quantitative estimate of drug-likeness (QED) is 0.856. The van der Waals surface area contributed by atoms with Crippen molar-refractivity contribution >= 4 is 17.7 Å². The van der Waals surface area contributed by atoms with E-state index in [4.69, 9.17) is 0 Å². The second-order valence-electron chi connectivity index (χ2n) is 5.93. The van der Waals surface area contributed by atoms with Crippen LogP contribution in [0.4, 0.5) is 8.78 Å². The summed E-state index contributed by atoms with van der Waals surface area (Å²) in [5.41, 5.74) is -0.116. The first-order chi connectivity index (χ1) is 11.4. The second-order valence-corrected chi connectivity index (χ2v) is 5.93. The summed E-state index contributed by atoms with van der Waals surface area (Å²) in [4.78, 5) is 39.7. The van der Waals surface area contributed by atoms with Crippen molar-refractivity contribution in [3.8, 4) is 0 Å². The van der Waals surface area contributed by atoms with Crippen molar-refractivity contribution in [3.05, 3.63) is 35.4 Å². The molecule has 1 aromatic carbocycles. The molecule has 2 saturated heterocycles. The Labute approximate surface area is 137 Å². The third-order valence-corrected chi connectivity index (χ3v) is 4.39. The van der Waals surface area contributed by atoms with E-state index in [-0.39, 0.29) is 37.0 Å². The summed E-state index contributed by atoms with van der Waals surface area (Å²) in [5, 5.41) is 2.64. The largest absolute Gasteiger partial charge is 0.342 e. The molecule has 1 aromatic rings. The van der Waals surface area contributed by atoms with Gasteiger partial charge in [-0.15, -0.1) is 0 Å². The van der Waals surface area contributed by atoms with E-state index in [2.05, 4.69) is 5.32 Å². The summed E-state index contributed by atoms with van der Waals surface area (Å²) in [6, 6.07) is 1.30. The van der Waals surface area contributed by atoms with Crippen LogP contribution in [0.2, 0.25) is 0 Å². The SMILES string of the molecule is CC[C@@H]1NC(=O)[C@H]2CN(C(=O)c3cc(F)cc(F)c3)CCN2C1=O. The van der Waals surface area contributed by atoms with Crippen molar-refractivity contribution < 1.29 is 23.2 Å². The Bertz CT molecular complexity index is 690. The number of nitrogens with one attached hydrogen (secondary N) is 1. The Morgan fingerprint density at radius 1 is 1.21 bits per heavy atom. The highest BCUT2D eigenvalue weighted by atomic mass is 19.1. The third-order valence-electron chi connectivity index (χ3n) is 4.39. The van der Waals surface area contributed by atoms with Crippen molar-refractivity contribution in [3.63, 3.8) is 0 Å². The molecule has 24 heavy (non-hydrogen) atoms. The first-order valence-corrected chi connectivity index (χ1v) is 7.77. The molecule has 128 valence electrons. The zero-order valence-electron chi connectivity index (χ0n) is 13.1. The van der Waals surface area contributed by atoms with E-state index in [1.54, 1.807) is 6.92 Å². The number of amides is 3. The molecule has 2 fully saturated rings. The van der Waals surface area contributed by atoms with Crippen LogP contribution >= 0.6 is 0 Å². The molecule has 0 saturated carbocycles. The van der Waals surface area contributed by atoms with Crippen molar-refractivity contribution in [1.82, 2.24) is 15.1 Å². The highest BCUT2D eigenvalue weighted by Gasteiger charge is 2.43. The molecule has 2 aliphatic heterocycles. The molecule has 2 atom stereocenters. The Kier molecular flexibility index (Phi) is 4.21. The molecule has 1 N–H and O–H groups in total. The summed E-state index contributed by atoms with van der Waals surface area (Å²) in [6.45, 7) is 2.24. The van der Waals surface area contributed by atoms with Gasteiger partial charge in [0.1, 0.15) is 23.7 Å². The highest BCUT2D eigenvalue weighted by molar-refractivity contribution is 5.99. The summed E-state index contributed by atoms with van der Waals surface area (Å²) < 4.78 is 26.6. The van der Waals surface area contributed by atoms with Crippen molar-refractivity contribution in [1.29, 1.82) is 0 Å². The summed E-state index contributed by atoms with van der Waals surface area (Å²) in [5.74, 6) is -2.72. The topological polar surface area (TPSA) is 69.7 Å². The molecule has 2 heterocycles. The molecule has 8 heteroatoms. The minimum atomic E-state index is -0.839. The van der Waals surface area contributed by atoms with Gasteiger partial charge in [0.25, 0.3) is 5.91 Å². The monoisotopic (exact) mass is 337 g/mol. The lowest BCUT2D eigenvalue weighted by atomic mass is 10.0. The van der Waals surface area contributed by atoms with E-state index < -0.39 is 29.6 Å². The van der Waals surface area contributed by atoms with Crippen LogP contribution in [0.5, 0.6) is 0 Å². The summed E-state index contributed by atoms with van der Waals surface area (Å²) >= 11 is 0. The molecular weight excluding hydrogens is 320 g/mol. The molecule has 0 spiro atoms. The molecule has 0 unspecified atom stereocenters. The van der Waals surface area contributed by atoms with Crippen molar-refractivity contribution in [2.24, 2.45) is 0 Å². The van der Waals surface area contributed by atoms with Gasteiger partial charge in [0.15, 0.2) is 0 Å². The predicted octanol–water partition coefficient (Wildman–Crippen LogP) is 0.526. The van der Waals surface area contributed by atoms with E-state index in [1.165, 1.54) is 9.80 Å². The summed E-state index contributed by atoms with van der Waals surface area (Å²) in [7, 11) is 0. The van der Waals surface area contributed by atoms with E-state index in [0.29, 0.717) is 12.5 Å². The molecule has 6 nitrogen and oxygen atoms in total. The molecule has 2 aliphatic rings. The average molecular weight is 337 g/mol. The maximum atomic E-state index is 13.3. The Morgan fingerprint density at radius 2 is 1.88 bits per heavy atom. The molecule has 0 aliphatic carbocycles. The van der Waals surface area contributed by atoms with Gasteiger partial charge in [0.2, 0.25) is 11.8 Å². The third kappa shape index (κ3) is 2.83. The van der Waals surface area contributed by atoms with Gasteiger partial charge in [0, 0.05) is 24.7 Å². The van der Waals surface area contributed by atoms with Crippen LogP contribution in [-0.4, -0.2) is 59.2 Å². The first-order valence-electron chi connectivity index (χ1n) is 7.77. The number of halogens is 2. The molecule has 3 rings (SSSR count). The maximum Gasteiger partial charge on any atom is 0.254 e. The van der Waals surface area contributed by atoms with Crippen LogP contribution in [-0.2, 0) is 9.59 Å². The Morgan fingerprint density at radius 3 is 2.50 bits per heavy atom. The van der Waals surface area contributed by atoms with E-state index >= 15 is 0 Å². The molecule has 0 radical (unpaired) electrons. The number of hydrogen-bond donors (Lipinski definition) is 1. The van der Waals surface area contributed by atoms with Crippen LogP contribution in [0, 0.1) is 11.6 Å². The van der Waals surface area contributed by atoms with Gasteiger partial charge in [0.05, 0.1) is 6.54 Å². The van der Waals surface area contributed by atoms with Crippen LogP contribution in [0.3, 0.4) is 0 Å².